The molecular formula is C18H21NO2. The molecule has 110 valence electrons. The van der Waals surface area contributed by atoms with Crippen LogP contribution >= 0.6 is 0 Å². The average Bonchev–Trinajstić information content (AvgIpc) is 2.47. The van der Waals surface area contributed by atoms with Gasteiger partial charge >= 0.3 is 0 Å². The highest BCUT2D eigenvalue weighted by molar-refractivity contribution is 5.81. The number of carbonyl (C=O) groups excluding carboxylic acids is 1. The Balaban J connectivity index is 2.20. The number of benzene rings is 2. The number of nitrogens with two attached hydrogens (primary N) is 1. The minimum atomic E-state index is -0.325. The van der Waals surface area contributed by atoms with Crippen LogP contribution in [0.4, 0.5) is 0 Å². The van der Waals surface area contributed by atoms with Crippen LogP contribution in [-0.2, 0) is 11.4 Å². The van der Waals surface area contributed by atoms with E-state index in [4.69, 9.17) is 10.5 Å². The lowest BCUT2D eigenvalue weighted by molar-refractivity contribution is -0.119. The number of rotatable bonds is 5. The van der Waals surface area contributed by atoms with Crippen molar-refractivity contribution in [1.82, 2.24) is 0 Å². The second kappa shape index (κ2) is 6.44. The molecule has 0 heterocycles. The van der Waals surface area contributed by atoms with Crippen molar-refractivity contribution < 1.29 is 9.53 Å². The van der Waals surface area contributed by atoms with Crippen LogP contribution in [0, 0.1) is 13.8 Å². The predicted molar refractivity (Wildman–Crippen MR) is 84.3 cm³/mol. The van der Waals surface area contributed by atoms with Gasteiger partial charge in [-0.15, -0.1) is 0 Å². The summed E-state index contributed by atoms with van der Waals surface area (Å²) >= 11 is 0. The molecule has 0 aliphatic rings. The van der Waals surface area contributed by atoms with Gasteiger partial charge < -0.3 is 10.5 Å². The maximum absolute atomic E-state index is 11.4. The minimum absolute atomic E-state index is 0.316. The fourth-order valence-corrected chi connectivity index (χ4v) is 2.26. The molecule has 2 N–H and O–H groups in total. The fourth-order valence-electron chi connectivity index (χ4n) is 2.26. The van der Waals surface area contributed by atoms with Crippen molar-refractivity contribution in [2.75, 3.05) is 0 Å². The fraction of sp³-hybridized carbons (Fsp3) is 0.278. The Morgan fingerprint density at radius 1 is 1.19 bits per heavy atom. The lowest BCUT2D eigenvalue weighted by atomic mass is 9.95. The topological polar surface area (TPSA) is 52.3 Å². The molecule has 0 aromatic heterocycles. The van der Waals surface area contributed by atoms with E-state index in [0.29, 0.717) is 6.61 Å². The Morgan fingerprint density at radius 2 is 1.90 bits per heavy atom. The molecule has 0 radical (unpaired) electrons. The number of primary amides is 1. The molecule has 2 aromatic rings. The summed E-state index contributed by atoms with van der Waals surface area (Å²) in [6.45, 7) is 6.30. The van der Waals surface area contributed by atoms with Crippen molar-refractivity contribution in [2.24, 2.45) is 5.73 Å². The van der Waals surface area contributed by atoms with Gasteiger partial charge in [0.15, 0.2) is 0 Å². The van der Waals surface area contributed by atoms with E-state index in [-0.39, 0.29) is 11.8 Å². The number of aryl methyl sites for hydroxylation is 2. The van der Waals surface area contributed by atoms with Crippen molar-refractivity contribution in [3.8, 4) is 5.75 Å². The zero-order valence-electron chi connectivity index (χ0n) is 12.7. The van der Waals surface area contributed by atoms with Crippen LogP contribution in [0.1, 0.15) is 35.1 Å². The summed E-state index contributed by atoms with van der Waals surface area (Å²) in [5, 5.41) is 0. The molecular weight excluding hydrogens is 262 g/mol. The molecule has 2 aromatic carbocycles. The molecule has 0 saturated heterocycles. The van der Waals surface area contributed by atoms with Gasteiger partial charge in [-0.3, -0.25) is 4.79 Å². The van der Waals surface area contributed by atoms with Gasteiger partial charge in [0.1, 0.15) is 12.4 Å². The quantitative estimate of drug-likeness (QED) is 0.913. The van der Waals surface area contributed by atoms with E-state index < -0.39 is 0 Å². The second-order valence-electron chi connectivity index (χ2n) is 5.38. The van der Waals surface area contributed by atoms with Crippen molar-refractivity contribution in [1.29, 1.82) is 0 Å². The van der Waals surface area contributed by atoms with Crippen molar-refractivity contribution in [3.63, 3.8) is 0 Å². The normalized spacial score (nSPS) is 12.0. The Morgan fingerprint density at radius 3 is 2.62 bits per heavy atom. The molecule has 0 fully saturated rings. The molecule has 0 aliphatic carbocycles. The molecule has 21 heavy (non-hydrogen) atoms. The van der Waals surface area contributed by atoms with Gasteiger partial charge in [-0.1, -0.05) is 36.4 Å². The summed E-state index contributed by atoms with van der Waals surface area (Å²) in [4.78, 5) is 11.4. The van der Waals surface area contributed by atoms with Gasteiger partial charge in [0.2, 0.25) is 5.91 Å². The average molecular weight is 283 g/mol. The van der Waals surface area contributed by atoms with E-state index in [1.165, 1.54) is 0 Å². The lowest BCUT2D eigenvalue weighted by Gasteiger charge is -2.15. The van der Waals surface area contributed by atoms with Gasteiger partial charge in [-0.25, -0.2) is 0 Å². The van der Waals surface area contributed by atoms with Crippen molar-refractivity contribution in [2.45, 2.75) is 33.3 Å². The van der Waals surface area contributed by atoms with E-state index in [1.54, 1.807) is 0 Å². The molecule has 0 bridgehead atoms. The van der Waals surface area contributed by atoms with E-state index in [2.05, 4.69) is 6.07 Å². The first-order valence-corrected chi connectivity index (χ1v) is 7.06. The standard InChI is InChI=1S/C18H21NO2/c1-12-8-9-13(2)17(10-12)21-11-15-6-4-5-7-16(15)14(3)18(19)20/h4-10,14H,11H2,1-3H3,(H2,19,20). The Kier molecular flexibility index (Phi) is 4.63. The number of hydrogen-bond donors (Lipinski definition) is 1. The molecule has 0 saturated carbocycles. The third-order valence-electron chi connectivity index (χ3n) is 3.68. The third kappa shape index (κ3) is 3.63. The highest BCUT2D eigenvalue weighted by Gasteiger charge is 2.15. The predicted octanol–water partition coefficient (Wildman–Crippen LogP) is 3.47. The maximum Gasteiger partial charge on any atom is 0.224 e. The summed E-state index contributed by atoms with van der Waals surface area (Å²) in [6, 6.07) is 13.9. The van der Waals surface area contributed by atoms with Gasteiger partial charge in [0, 0.05) is 0 Å². The summed E-state index contributed by atoms with van der Waals surface area (Å²) in [5.74, 6) is 0.231. The first kappa shape index (κ1) is 15.1. The summed E-state index contributed by atoms with van der Waals surface area (Å²) < 4.78 is 5.92. The van der Waals surface area contributed by atoms with Crippen LogP contribution in [0.2, 0.25) is 0 Å². The summed E-state index contributed by atoms with van der Waals surface area (Å²) in [7, 11) is 0. The molecule has 3 heteroatoms. The summed E-state index contributed by atoms with van der Waals surface area (Å²) in [6.07, 6.45) is 0. The Bertz CT molecular complexity index is 649. The van der Waals surface area contributed by atoms with E-state index in [0.717, 1.165) is 28.0 Å². The number of hydrogen-bond acceptors (Lipinski definition) is 2. The molecule has 1 atom stereocenters. The van der Waals surface area contributed by atoms with Crippen LogP contribution in [0.5, 0.6) is 5.75 Å². The molecule has 1 amide bonds. The highest BCUT2D eigenvalue weighted by atomic mass is 16.5. The molecule has 1 unspecified atom stereocenters. The zero-order chi connectivity index (χ0) is 15.4. The van der Waals surface area contributed by atoms with Gasteiger partial charge in [0.05, 0.1) is 5.92 Å². The first-order chi connectivity index (χ1) is 9.99. The van der Waals surface area contributed by atoms with Crippen molar-refractivity contribution in [3.05, 3.63) is 64.7 Å². The third-order valence-corrected chi connectivity index (χ3v) is 3.68. The molecule has 0 aliphatic heterocycles. The van der Waals surface area contributed by atoms with Crippen LogP contribution in [0.3, 0.4) is 0 Å². The van der Waals surface area contributed by atoms with Crippen LogP contribution in [0.25, 0.3) is 0 Å². The minimum Gasteiger partial charge on any atom is -0.489 e. The number of ether oxygens (including phenoxy) is 1. The first-order valence-electron chi connectivity index (χ1n) is 7.06. The van der Waals surface area contributed by atoms with Crippen LogP contribution < -0.4 is 10.5 Å². The SMILES string of the molecule is Cc1ccc(C)c(OCc2ccccc2C(C)C(N)=O)c1. The maximum atomic E-state index is 11.4. The Hall–Kier alpha value is -2.29. The molecule has 0 spiro atoms. The second-order valence-corrected chi connectivity index (χ2v) is 5.38. The van der Waals surface area contributed by atoms with Gasteiger partial charge in [0.25, 0.3) is 0 Å². The van der Waals surface area contributed by atoms with E-state index in [1.807, 2.05) is 57.2 Å². The zero-order valence-corrected chi connectivity index (χ0v) is 12.7. The van der Waals surface area contributed by atoms with Crippen LogP contribution in [0.15, 0.2) is 42.5 Å². The summed E-state index contributed by atoms with van der Waals surface area (Å²) in [5.41, 5.74) is 9.58. The highest BCUT2D eigenvalue weighted by Crippen LogP contribution is 2.24. The van der Waals surface area contributed by atoms with Gasteiger partial charge in [-0.05, 0) is 49.1 Å². The lowest BCUT2D eigenvalue weighted by Crippen LogP contribution is -2.20. The van der Waals surface area contributed by atoms with Crippen LogP contribution in [-0.4, -0.2) is 5.91 Å². The number of carbonyl (C=O) groups is 1. The van der Waals surface area contributed by atoms with Crippen molar-refractivity contribution >= 4 is 5.91 Å². The molecule has 3 nitrogen and oxygen atoms in total. The Labute approximate surface area is 125 Å². The molecule has 2 rings (SSSR count). The monoisotopic (exact) mass is 283 g/mol. The van der Waals surface area contributed by atoms with Gasteiger partial charge in [-0.2, -0.15) is 0 Å². The van der Waals surface area contributed by atoms with E-state index >= 15 is 0 Å². The smallest absolute Gasteiger partial charge is 0.224 e. The van der Waals surface area contributed by atoms with E-state index in [9.17, 15) is 4.79 Å². The number of amides is 1. The largest absolute Gasteiger partial charge is 0.489 e.